The molecule has 1 aliphatic heterocycles. The van der Waals surface area contributed by atoms with Gasteiger partial charge in [-0.15, -0.1) is 12.4 Å². The first-order chi connectivity index (χ1) is 6.52. The Morgan fingerprint density at radius 1 is 1.60 bits per heavy atom. The lowest BCUT2D eigenvalue weighted by molar-refractivity contribution is -0.123. The van der Waals surface area contributed by atoms with Crippen LogP contribution in [-0.2, 0) is 9.59 Å². The van der Waals surface area contributed by atoms with Gasteiger partial charge in [0.15, 0.2) is 0 Å². The summed E-state index contributed by atoms with van der Waals surface area (Å²) in [5, 5.41) is 2.95. The number of amides is 2. The van der Waals surface area contributed by atoms with E-state index in [1.807, 2.05) is 0 Å². The highest BCUT2D eigenvalue weighted by atomic mass is 35.5. The van der Waals surface area contributed by atoms with E-state index in [-0.39, 0.29) is 29.8 Å². The molecule has 0 aromatic carbocycles. The first kappa shape index (κ1) is 12.3. The van der Waals surface area contributed by atoms with Gasteiger partial charge in [0.05, 0.1) is 6.04 Å². The molecular formula is C9H16ClN3O2. The number of carbonyl (C=O) groups is 2. The van der Waals surface area contributed by atoms with E-state index in [0.717, 1.165) is 19.3 Å². The van der Waals surface area contributed by atoms with Gasteiger partial charge >= 0.3 is 0 Å². The van der Waals surface area contributed by atoms with Crippen LogP contribution in [0.3, 0.4) is 0 Å². The van der Waals surface area contributed by atoms with E-state index in [9.17, 15) is 9.59 Å². The highest BCUT2D eigenvalue weighted by Gasteiger charge is 2.52. The molecule has 0 aromatic heterocycles. The van der Waals surface area contributed by atoms with Crippen molar-refractivity contribution >= 4 is 24.2 Å². The fourth-order valence-electron chi connectivity index (χ4n) is 2.07. The van der Waals surface area contributed by atoms with Crippen molar-refractivity contribution in [2.45, 2.75) is 37.3 Å². The van der Waals surface area contributed by atoms with Crippen LogP contribution in [0.2, 0.25) is 0 Å². The highest BCUT2D eigenvalue weighted by molar-refractivity contribution is 5.85. The molecule has 2 atom stereocenters. The number of primary amides is 1. The standard InChI is InChI=1S/C9H15N3O2.ClH/c10-6(7(11)13)3-5-4-9(1-2-9)12-8(5)14;/h5-6H,1-4,10H2,(H2,11,13)(H,12,14);1H/t5-,6+;/m1./s1. The zero-order valence-electron chi connectivity index (χ0n) is 8.36. The molecular weight excluding hydrogens is 218 g/mol. The lowest BCUT2D eigenvalue weighted by atomic mass is 9.96. The van der Waals surface area contributed by atoms with Crippen LogP contribution < -0.4 is 16.8 Å². The number of nitrogens with two attached hydrogens (primary N) is 2. The zero-order valence-corrected chi connectivity index (χ0v) is 9.18. The first-order valence-corrected chi connectivity index (χ1v) is 4.89. The van der Waals surface area contributed by atoms with Gasteiger partial charge in [-0.25, -0.2) is 0 Å². The molecule has 2 amide bonds. The minimum Gasteiger partial charge on any atom is -0.368 e. The maximum atomic E-state index is 11.5. The van der Waals surface area contributed by atoms with Crippen molar-refractivity contribution in [1.82, 2.24) is 5.32 Å². The molecule has 1 saturated carbocycles. The van der Waals surface area contributed by atoms with Gasteiger partial charge in [0.2, 0.25) is 11.8 Å². The Hall–Kier alpha value is -0.810. The van der Waals surface area contributed by atoms with Crippen LogP contribution in [0.5, 0.6) is 0 Å². The Morgan fingerprint density at radius 2 is 2.20 bits per heavy atom. The average Bonchev–Trinajstić information content (AvgIpc) is 2.75. The van der Waals surface area contributed by atoms with Crippen LogP contribution >= 0.6 is 12.4 Å². The summed E-state index contributed by atoms with van der Waals surface area (Å²) in [4.78, 5) is 22.2. The van der Waals surface area contributed by atoms with Gasteiger partial charge in [-0.3, -0.25) is 9.59 Å². The molecule has 15 heavy (non-hydrogen) atoms. The predicted molar refractivity (Wildman–Crippen MR) is 57.2 cm³/mol. The third-order valence-corrected chi connectivity index (χ3v) is 3.15. The van der Waals surface area contributed by atoms with Gasteiger partial charge in [-0.2, -0.15) is 0 Å². The Balaban J connectivity index is 0.00000112. The Bertz CT molecular complexity index is 291. The molecule has 2 rings (SSSR count). The Kier molecular flexibility index (Phi) is 3.25. The van der Waals surface area contributed by atoms with Gasteiger partial charge in [0.25, 0.3) is 0 Å². The molecule has 2 fully saturated rings. The van der Waals surface area contributed by atoms with E-state index in [1.165, 1.54) is 0 Å². The van der Waals surface area contributed by atoms with Crippen LogP contribution in [0.15, 0.2) is 0 Å². The van der Waals surface area contributed by atoms with Crippen LogP contribution in [0.4, 0.5) is 0 Å². The predicted octanol–water partition coefficient (Wildman–Crippen LogP) is -0.720. The molecule has 1 spiro atoms. The molecule has 5 nitrogen and oxygen atoms in total. The summed E-state index contributed by atoms with van der Waals surface area (Å²) in [6.07, 6.45) is 3.30. The number of carbonyl (C=O) groups excluding carboxylic acids is 2. The van der Waals surface area contributed by atoms with Crippen LogP contribution in [0.1, 0.15) is 25.7 Å². The zero-order chi connectivity index (χ0) is 10.3. The van der Waals surface area contributed by atoms with Crippen molar-refractivity contribution in [2.75, 3.05) is 0 Å². The summed E-state index contributed by atoms with van der Waals surface area (Å²) in [6, 6.07) is -0.695. The van der Waals surface area contributed by atoms with Crippen molar-refractivity contribution in [3.63, 3.8) is 0 Å². The molecule has 5 N–H and O–H groups in total. The molecule has 6 heteroatoms. The maximum Gasteiger partial charge on any atom is 0.234 e. The van der Waals surface area contributed by atoms with Gasteiger partial charge in [0, 0.05) is 11.5 Å². The van der Waals surface area contributed by atoms with Gasteiger partial charge in [0.1, 0.15) is 0 Å². The largest absolute Gasteiger partial charge is 0.368 e. The van der Waals surface area contributed by atoms with E-state index in [1.54, 1.807) is 0 Å². The summed E-state index contributed by atoms with van der Waals surface area (Å²) in [5.74, 6) is -0.631. The second-order valence-corrected chi connectivity index (χ2v) is 4.42. The molecule has 1 aliphatic carbocycles. The molecule has 0 radical (unpaired) electrons. The van der Waals surface area contributed by atoms with Crippen molar-refractivity contribution in [3.05, 3.63) is 0 Å². The van der Waals surface area contributed by atoms with Crippen molar-refractivity contribution in [3.8, 4) is 0 Å². The van der Waals surface area contributed by atoms with E-state index in [0.29, 0.717) is 6.42 Å². The monoisotopic (exact) mass is 233 g/mol. The summed E-state index contributed by atoms with van der Waals surface area (Å²) in [6.45, 7) is 0. The van der Waals surface area contributed by atoms with Crippen LogP contribution in [0.25, 0.3) is 0 Å². The minimum absolute atomic E-state index is 0. The normalized spacial score (nSPS) is 28.1. The fraction of sp³-hybridized carbons (Fsp3) is 0.778. The van der Waals surface area contributed by atoms with Crippen molar-refractivity contribution in [1.29, 1.82) is 0 Å². The topological polar surface area (TPSA) is 98.2 Å². The smallest absolute Gasteiger partial charge is 0.234 e. The maximum absolute atomic E-state index is 11.5. The van der Waals surface area contributed by atoms with E-state index < -0.39 is 11.9 Å². The quantitative estimate of drug-likeness (QED) is 0.600. The molecule has 86 valence electrons. The fourth-order valence-corrected chi connectivity index (χ4v) is 2.07. The summed E-state index contributed by atoms with van der Waals surface area (Å²) in [5.41, 5.74) is 10.6. The van der Waals surface area contributed by atoms with Crippen LogP contribution in [-0.4, -0.2) is 23.4 Å². The van der Waals surface area contributed by atoms with E-state index in [4.69, 9.17) is 11.5 Å². The highest BCUT2D eigenvalue weighted by Crippen LogP contribution is 2.46. The van der Waals surface area contributed by atoms with E-state index in [2.05, 4.69) is 5.32 Å². The number of halogens is 1. The summed E-state index contributed by atoms with van der Waals surface area (Å²) >= 11 is 0. The third kappa shape index (κ3) is 2.41. The molecule has 0 unspecified atom stereocenters. The molecule has 2 aliphatic rings. The first-order valence-electron chi connectivity index (χ1n) is 4.89. The minimum atomic E-state index is -0.695. The molecule has 0 bridgehead atoms. The summed E-state index contributed by atoms with van der Waals surface area (Å²) in [7, 11) is 0. The second kappa shape index (κ2) is 3.98. The van der Waals surface area contributed by atoms with Gasteiger partial charge in [-0.1, -0.05) is 0 Å². The Labute approximate surface area is 94.4 Å². The number of hydrogen-bond acceptors (Lipinski definition) is 3. The van der Waals surface area contributed by atoms with Gasteiger partial charge in [-0.05, 0) is 25.7 Å². The average molecular weight is 234 g/mol. The van der Waals surface area contributed by atoms with Crippen molar-refractivity contribution in [2.24, 2.45) is 17.4 Å². The van der Waals surface area contributed by atoms with Crippen LogP contribution in [0, 0.1) is 5.92 Å². The SMILES string of the molecule is Cl.NC(=O)[C@@H](N)C[C@@H]1CC2(CC2)NC1=O. The Morgan fingerprint density at radius 3 is 2.60 bits per heavy atom. The number of hydrogen-bond donors (Lipinski definition) is 3. The molecule has 1 saturated heterocycles. The lowest BCUT2D eigenvalue weighted by Gasteiger charge is -2.10. The number of nitrogens with one attached hydrogen (secondary N) is 1. The van der Waals surface area contributed by atoms with E-state index >= 15 is 0 Å². The second-order valence-electron chi connectivity index (χ2n) is 4.42. The number of rotatable bonds is 3. The van der Waals surface area contributed by atoms with Crippen molar-refractivity contribution < 1.29 is 9.59 Å². The van der Waals surface area contributed by atoms with Gasteiger partial charge < -0.3 is 16.8 Å². The summed E-state index contributed by atoms with van der Waals surface area (Å²) < 4.78 is 0. The lowest BCUT2D eigenvalue weighted by Crippen LogP contribution is -2.39. The third-order valence-electron chi connectivity index (χ3n) is 3.15. The molecule has 1 heterocycles. The molecule has 0 aromatic rings.